The van der Waals surface area contributed by atoms with Gasteiger partial charge in [-0.25, -0.2) is 19.9 Å². The Hall–Kier alpha value is -5.20. The summed E-state index contributed by atoms with van der Waals surface area (Å²) in [6.45, 7) is 3.84. The lowest BCUT2D eigenvalue weighted by atomic mass is 10.2. The maximum atomic E-state index is 6.08. The molecule has 0 aliphatic heterocycles. The van der Waals surface area contributed by atoms with Gasteiger partial charge in [-0.1, -0.05) is 23.2 Å². The number of nitrogen functional groups attached to an aromatic ring is 2. The number of halogens is 2. The highest BCUT2D eigenvalue weighted by atomic mass is 35.5. The lowest BCUT2D eigenvalue weighted by Gasteiger charge is -2.02. The van der Waals surface area contributed by atoms with E-state index in [2.05, 4.69) is 30.1 Å². The molecule has 0 amide bonds. The van der Waals surface area contributed by atoms with Crippen molar-refractivity contribution >= 4 is 68.2 Å². The molecule has 0 saturated heterocycles. The number of hydrogen-bond acceptors (Lipinski definition) is 9. The molecule has 0 aliphatic rings. The molecule has 2 aromatic carbocycles. The molecule has 0 unspecified atom stereocenters. The predicted molar refractivity (Wildman–Crippen MR) is 167 cm³/mol. The van der Waals surface area contributed by atoms with Crippen LogP contribution in [-0.4, -0.2) is 43.7 Å². The smallest absolute Gasteiger partial charge is 0.223 e. The molecule has 0 bridgehead atoms. The van der Waals surface area contributed by atoms with Gasteiger partial charge in [0.25, 0.3) is 0 Å². The van der Waals surface area contributed by atoms with Crippen LogP contribution in [-0.2, 0) is 7.05 Å². The molecule has 12 nitrogen and oxygen atoms in total. The third-order valence-electron chi connectivity index (χ3n) is 6.93. The Bertz CT molecular complexity index is 2350. The molecule has 8 rings (SSSR count). The van der Waals surface area contributed by atoms with Crippen molar-refractivity contribution < 1.29 is 4.42 Å². The Kier molecular flexibility index (Phi) is 6.18. The van der Waals surface area contributed by atoms with Crippen molar-refractivity contribution in [1.29, 1.82) is 0 Å². The van der Waals surface area contributed by atoms with Gasteiger partial charge in [-0.2, -0.15) is 9.03 Å². The van der Waals surface area contributed by atoms with Crippen LogP contribution in [0, 0.1) is 13.8 Å². The number of anilines is 2. The van der Waals surface area contributed by atoms with E-state index in [4.69, 9.17) is 39.1 Å². The first-order valence-corrected chi connectivity index (χ1v) is 13.8. The van der Waals surface area contributed by atoms with Crippen molar-refractivity contribution in [2.45, 2.75) is 13.8 Å². The van der Waals surface area contributed by atoms with E-state index in [0.717, 1.165) is 38.8 Å². The van der Waals surface area contributed by atoms with Gasteiger partial charge >= 0.3 is 0 Å². The van der Waals surface area contributed by atoms with Crippen molar-refractivity contribution in [3.63, 3.8) is 0 Å². The summed E-state index contributed by atoms with van der Waals surface area (Å²) >= 11 is 12.1. The number of rotatable bonds is 2. The quantitative estimate of drug-likeness (QED) is 0.242. The Balaban J connectivity index is 0.000000140. The van der Waals surface area contributed by atoms with E-state index >= 15 is 0 Å². The van der Waals surface area contributed by atoms with Crippen molar-refractivity contribution in [1.82, 2.24) is 43.7 Å². The van der Waals surface area contributed by atoms with Gasteiger partial charge in [-0.05, 0) is 74.0 Å². The monoisotopic (exact) mass is 611 g/mol. The summed E-state index contributed by atoms with van der Waals surface area (Å²) in [6.07, 6.45) is 1.94. The molecule has 214 valence electrons. The van der Waals surface area contributed by atoms with Crippen molar-refractivity contribution in [2.24, 2.45) is 7.05 Å². The molecule has 0 aliphatic carbocycles. The summed E-state index contributed by atoms with van der Waals surface area (Å²) in [5.74, 6) is 3.09. The molecule has 0 fully saturated rings. The van der Waals surface area contributed by atoms with Gasteiger partial charge in [0, 0.05) is 34.1 Å². The second kappa shape index (κ2) is 9.96. The van der Waals surface area contributed by atoms with Crippen LogP contribution in [0.3, 0.4) is 0 Å². The van der Waals surface area contributed by atoms with E-state index in [0.29, 0.717) is 44.7 Å². The fourth-order valence-corrected chi connectivity index (χ4v) is 5.31. The first-order chi connectivity index (χ1) is 20.7. The molecule has 8 aromatic rings. The average Bonchev–Trinajstić information content (AvgIpc) is 3.76. The highest BCUT2D eigenvalue weighted by molar-refractivity contribution is 6.31. The third-order valence-corrected chi connectivity index (χ3v) is 7.40. The summed E-state index contributed by atoms with van der Waals surface area (Å²) in [5.41, 5.74) is 16.6. The minimum Gasteiger partial charge on any atom is -0.458 e. The number of aromatic nitrogens is 9. The Morgan fingerprint density at radius 1 is 0.721 bits per heavy atom. The van der Waals surface area contributed by atoms with Gasteiger partial charge in [0.1, 0.15) is 5.76 Å². The summed E-state index contributed by atoms with van der Waals surface area (Å²) in [4.78, 5) is 17.8. The van der Waals surface area contributed by atoms with Crippen LogP contribution < -0.4 is 11.5 Å². The normalized spacial score (nSPS) is 11.6. The molecule has 4 N–H and O–H groups in total. The van der Waals surface area contributed by atoms with Crippen LogP contribution in [0.5, 0.6) is 0 Å². The van der Waals surface area contributed by atoms with E-state index in [1.54, 1.807) is 22.7 Å². The molecule has 0 saturated carbocycles. The van der Waals surface area contributed by atoms with Crippen LogP contribution >= 0.6 is 23.2 Å². The molecule has 0 spiro atoms. The number of benzene rings is 2. The van der Waals surface area contributed by atoms with Gasteiger partial charge in [-0.3, -0.25) is 0 Å². The summed E-state index contributed by atoms with van der Waals surface area (Å²) < 4.78 is 10.7. The fourth-order valence-electron chi connectivity index (χ4n) is 4.97. The van der Waals surface area contributed by atoms with Gasteiger partial charge in [-0.15, -0.1) is 10.2 Å². The first-order valence-electron chi connectivity index (χ1n) is 13.1. The maximum absolute atomic E-state index is 6.08. The fraction of sp³-hybridized carbons (Fsp3) is 0.103. The van der Waals surface area contributed by atoms with Crippen LogP contribution in [0.15, 0.2) is 65.2 Å². The number of nitrogens with two attached hydrogens (primary N) is 2. The molecular formula is C29H23Cl2N11O. The molecule has 6 heterocycles. The van der Waals surface area contributed by atoms with Crippen LogP contribution in [0.25, 0.3) is 56.2 Å². The first kappa shape index (κ1) is 26.7. The zero-order chi connectivity index (χ0) is 30.0. The van der Waals surface area contributed by atoms with E-state index in [9.17, 15) is 0 Å². The van der Waals surface area contributed by atoms with Gasteiger partial charge in [0.05, 0.1) is 16.7 Å². The molecule has 0 radical (unpaired) electrons. The largest absolute Gasteiger partial charge is 0.458 e. The van der Waals surface area contributed by atoms with E-state index in [1.165, 1.54) is 4.52 Å². The van der Waals surface area contributed by atoms with Crippen molar-refractivity contribution in [3.8, 4) is 23.1 Å². The van der Waals surface area contributed by atoms with E-state index in [1.807, 2.05) is 68.1 Å². The molecule has 0 atom stereocenters. The van der Waals surface area contributed by atoms with Crippen molar-refractivity contribution in [2.75, 3.05) is 11.5 Å². The zero-order valence-corrected chi connectivity index (χ0v) is 24.6. The molecule has 14 heteroatoms. The number of aryl methyl sites for hydroxylation is 3. The number of fused-ring (bicyclic) bond motifs is 6. The molecule has 6 aromatic heterocycles. The predicted octanol–water partition coefficient (Wildman–Crippen LogP) is 5.91. The minimum atomic E-state index is 0.268. The van der Waals surface area contributed by atoms with Crippen molar-refractivity contribution in [3.05, 3.63) is 82.2 Å². The SMILES string of the molecule is Cc1cc(C)c(-c2nc3c4cc(Cl)ccc4nc(N)n3n2)o1.Cn1cccc1-c1nc2c3cc(Cl)ccc3nc(N)n2n1. The van der Waals surface area contributed by atoms with Gasteiger partial charge < -0.3 is 20.5 Å². The summed E-state index contributed by atoms with van der Waals surface area (Å²) in [7, 11) is 1.94. The standard InChI is InChI=1S/C15H12ClN5O.C14H11ClN6/c1-7-5-8(2)22-12(7)13-19-14-10-6-9(16)3-4-11(10)18-15(17)21(14)20-13;1-20-6-2-3-11(20)12-18-13-9-7-8(15)4-5-10(9)17-14(16)21(13)19-12/h3-6H,1-2H3,(H2,17,18);2-7H,1H3,(H2,16,17). The number of nitrogens with zero attached hydrogens (tertiary/aromatic N) is 9. The second-order valence-electron chi connectivity index (χ2n) is 9.98. The Morgan fingerprint density at radius 3 is 1.79 bits per heavy atom. The second-order valence-corrected chi connectivity index (χ2v) is 10.9. The molecule has 43 heavy (non-hydrogen) atoms. The summed E-state index contributed by atoms with van der Waals surface area (Å²) in [6, 6.07) is 16.6. The molecular weight excluding hydrogens is 589 g/mol. The lowest BCUT2D eigenvalue weighted by Crippen LogP contribution is -2.02. The summed E-state index contributed by atoms with van der Waals surface area (Å²) in [5, 5.41) is 11.7. The van der Waals surface area contributed by atoms with Crippen LogP contribution in [0.1, 0.15) is 11.3 Å². The minimum absolute atomic E-state index is 0.268. The van der Waals surface area contributed by atoms with Crippen LogP contribution in [0.4, 0.5) is 11.9 Å². The van der Waals surface area contributed by atoms with Gasteiger partial charge in [0.15, 0.2) is 22.9 Å². The highest BCUT2D eigenvalue weighted by Gasteiger charge is 2.18. The maximum Gasteiger partial charge on any atom is 0.223 e. The number of furan rings is 1. The third kappa shape index (κ3) is 4.57. The number of hydrogen-bond donors (Lipinski definition) is 2. The van der Waals surface area contributed by atoms with Crippen LogP contribution in [0.2, 0.25) is 10.0 Å². The topological polar surface area (TPSA) is 156 Å². The Morgan fingerprint density at radius 2 is 1.28 bits per heavy atom. The zero-order valence-electron chi connectivity index (χ0n) is 23.1. The van der Waals surface area contributed by atoms with E-state index in [-0.39, 0.29) is 5.95 Å². The Labute approximate surface area is 253 Å². The lowest BCUT2D eigenvalue weighted by molar-refractivity contribution is 0.543. The van der Waals surface area contributed by atoms with Gasteiger partial charge in [0.2, 0.25) is 17.7 Å². The van der Waals surface area contributed by atoms with E-state index < -0.39 is 0 Å². The highest BCUT2D eigenvalue weighted by Crippen LogP contribution is 2.29. The average molecular weight is 612 g/mol.